The summed E-state index contributed by atoms with van der Waals surface area (Å²) in [4.78, 5) is 12.1. The molecule has 2 aliphatic rings. The second-order valence-electron chi connectivity index (χ2n) is 8.22. The largest absolute Gasteiger partial charge is 0.414 e. The Balaban J connectivity index is 1.87. The Bertz CT molecular complexity index is 433. The molecular formula is C18H32O4Si. The van der Waals surface area contributed by atoms with Crippen LogP contribution >= 0.6 is 0 Å². The smallest absolute Gasteiger partial charge is 0.192 e. The molecule has 1 aliphatic carbocycles. The molecule has 4 nitrogen and oxygen atoms in total. The summed E-state index contributed by atoms with van der Waals surface area (Å²) in [6, 6.07) is 0. The van der Waals surface area contributed by atoms with Crippen LogP contribution in [-0.4, -0.2) is 39.2 Å². The maximum Gasteiger partial charge on any atom is 0.192 e. The van der Waals surface area contributed by atoms with Gasteiger partial charge in [0.05, 0.1) is 12.7 Å². The summed E-state index contributed by atoms with van der Waals surface area (Å²) in [5.74, 6) is -0.0211. The van der Waals surface area contributed by atoms with Gasteiger partial charge in [0.2, 0.25) is 0 Å². The molecule has 0 aromatic rings. The van der Waals surface area contributed by atoms with Crippen molar-refractivity contribution in [2.75, 3.05) is 6.61 Å². The van der Waals surface area contributed by atoms with Crippen molar-refractivity contribution < 1.29 is 18.7 Å². The third-order valence-corrected chi connectivity index (χ3v) is 9.81. The molecule has 0 spiro atoms. The Morgan fingerprint density at radius 3 is 2.48 bits per heavy atom. The maximum atomic E-state index is 12.1. The molecule has 1 aliphatic heterocycles. The first kappa shape index (κ1) is 18.8. The highest BCUT2D eigenvalue weighted by Gasteiger charge is 2.39. The summed E-state index contributed by atoms with van der Waals surface area (Å²) in [5.41, 5.74) is 0. The van der Waals surface area contributed by atoms with Gasteiger partial charge in [-0.3, -0.25) is 4.79 Å². The Labute approximate surface area is 141 Å². The number of hydrogen-bond acceptors (Lipinski definition) is 4. The van der Waals surface area contributed by atoms with Crippen LogP contribution in [0.25, 0.3) is 0 Å². The van der Waals surface area contributed by atoms with Crippen LogP contribution < -0.4 is 0 Å². The average Bonchev–Trinajstić information content (AvgIpc) is 2.48. The van der Waals surface area contributed by atoms with Crippen molar-refractivity contribution in [3.63, 3.8) is 0 Å². The van der Waals surface area contributed by atoms with E-state index in [9.17, 15) is 4.79 Å². The molecule has 1 saturated carbocycles. The van der Waals surface area contributed by atoms with Gasteiger partial charge in [-0.1, -0.05) is 40.0 Å². The van der Waals surface area contributed by atoms with Crippen molar-refractivity contribution >= 4 is 14.1 Å². The number of carbonyl (C=O) groups is 1. The fourth-order valence-electron chi connectivity index (χ4n) is 2.65. The monoisotopic (exact) mass is 340 g/mol. The molecule has 0 aromatic carbocycles. The van der Waals surface area contributed by atoms with Gasteiger partial charge in [0.1, 0.15) is 6.10 Å². The number of hydrogen-bond donors (Lipinski definition) is 0. The fraction of sp³-hybridized carbons (Fsp3) is 0.833. The lowest BCUT2D eigenvalue weighted by atomic mass is 9.98. The van der Waals surface area contributed by atoms with Crippen molar-refractivity contribution in [2.45, 2.75) is 89.5 Å². The summed E-state index contributed by atoms with van der Waals surface area (Å²) in [6.07, 6.45) is 8.55. The van der Waals surface area contributed by atoms with Crippen molar-refractivity contribution in [1.29, 1.82) is 0 Å². The molecule has 23 heavy (non-hydrogen) atoms. The fourth-order valence-corrected chi connectivity index (χ4v) is 3.65. The minimum absolute atomic E-state index is 0.0211. The van der Waals surface area contributed by atoms with Crippen LogP contribution in [0, 0.1) is 0 Å². The van der Waals surface area contributed by atoms with Crippen molar-refractivity contribution in [3.8, 4) is 0 Å². The van der Waals surface area contributed by atoms with E-state index in [0.717, 1.165) is 12.8 Å². The van der Waals surface area contributed by atoms with E-state index in [2.05, 4.69) is 33.9 Å². The molecule has 2 rings (SSSR count). The Hall–Kier alpha value is -0.493. The molecule has 5 heteroatoms. The number of rotatable bonds is 5. The zero-order valence-electron chi connectivity index (χ0n) is 15.3. The van der Waals surface area contributed by atoms with Crippen LogP contribution in [-0.2, 0) is 18.7 Å². The molecular weight excluding hydrogens is 308 g/mol. The van der Waals surface area contributed by atoms with Gasteiger partial charge in [-0.15, -0.1) is 0 Å². The molecule has 0 radical (unpaired) electrons. The minimum Gasteiger partial charge on any atom is -0.414 e. The summed E-state index contributed by atoms with van der Waals surface area (Å²) in [5, 5.41) is 0.124. The maximum absolute atomic E-state index is 12.1. The SMILES string of the molecule is CC(C)(C)[Si](C)(C)OC[C@@H]1O[C@H](OC2CCCCC2)C=CC1=O. The predicted molar refractivity (Wildman–Crippen MR) is 93.9 cm³/mol. The highest BCUT2D eigenvalue weighted by atomic mass is 28.4. The lowest BCUT2D eigenvalue weighted by Crippen LogP contribution is -2.46. The van der Waals surface area contributed by atoms with Crippen LogP contribution in [0.4, 0.5) is 0 Å². The number of carbonyl (C=O) groups excluding carboxylic acids is 1. The highest BCUT2D eigenvalue weighted by molar-refractivity contribution is 6.74. The second kappa shape index (κ2) is 7.60. The topological polar surface area (TPSA) is 44.8 Å². The van der Waals surface area contributed by atoms with Gasteiger partial charge in [-0.25, -0.2) is 0 Å². The van der Waals surface area contributed by atoms with Crippen LogP contribution in [0.15, 0.2) is 12.2 Å². The number of ether oxygens (including phenoxy) is 2. The molecule has 2 atom stereocenters. The Kier molecular flexibility index (Phi) is 6.22. The molecule has 0 unspecified atom stereocenters. The van der Waals surface area contributed by atoms with Gasteiger partial charge in [0.15, 0.2) is 20.4 Å². The highest BCUT2D eigenvalue weighted by Crippen LogP contribution is 2.36. The lowest BCUT2D eigenvalue weighted by molar-refractivity contribution is -0.186. The van der Waals surface area contributed by atoms with Gasteiger partial charge in [0.25, 0.3) is 0 Å². The van der Waals surface area contributed by atoms with Gasteiger partial charge in [0, 0.05) is 0 Å². The third-order valence-electron chi connectivity index (χ3n) is 5.31. The molecule has 1 fully saturated rings. The molecule has 1 heterocycles. The van der Waals surface area contributed by atoms with Crippen molar-refractivity contribution in [1.82, 2.24) is 0 Å². The lowest BCUT2D eigenvalue weighted by Gasteiger charge is -2.37. The average molecular weight is 341 g/mol. The van der Waals surface area contributed by atoms with E-state index >= 15 is 0 Å². The van der Waals surface area contributed by atoms with Crippen molar-refractivity contribution in [2.24, 2.45) is 0 Å². The summed E-state index contributed by atoms with van der Waals surface area (Å²) < 4.78 is 18.0. The summed E-state index contributed by atoms with van der Waals surface area (Å²) in [6.45, 7) is 11.3. The zero-order chi connectivity index (χ0) is 17.1. The van der Waals surface area contributed by atoms with Gasteiger partial charge >= 0.3 is 0 Å². The van der Waals surface area contributed by atoms with Crippen LogP contribution in [0.3, 0.4) is 0 Å². The first-order valence-corrected chi connectivity index (χ1v) is 11.8. The zero-order valence-corrected chi connectivity index (χ0v) is 16.3. The van der Waals surface area contributed by atoms with E-state index < -0.39 is 20.7 Å². The molecule has 0 aromatic heterocycles. The van der Waals surface area contributed by atoms with Crippen LogP contribution in [0.2, 0.25) is 18.1 Å². The molecule has 0 bridgehead atoms. The molecule has 0 saturated heterocycles. The minimum atomic E-state index is -1.88. The summed E-state index contributed by atoms with van der Waals surface area (Å²) >= 11 is 0. The van der Waals surface area contributed by atoms with Gasteiger partial charge < -0.3 is 13.9 Å². The van der Waals surface area contributed by atoms with E-state index in [1.54, 1.807) is 12.2 Å². The molecule has 132 valence electrons. The third kappa shape index (κ3) is 5.24. The van der Waals surface area contributed by atoms with Gasteiger partial charge in [-0.2, -0.15) is 0 Å². The predicted octanol–water partition coefficient (Wildman–Crippen LogP) is 4.21. The Morgan fingerprint density at radius 2 is 1.87 bits per heavy atom. The van der Waals surface area contributed by atoms with E-state index in [1.807, 2.05) is 0 Å². The van der Waals surface area contributed by atoms with Gasteiger partial charge in [-0.05, 0) is 43.1 Å². The van der Waals surface area contributed by atoms with E-state index in [1.165, 1.54) is 19.3 Å². The second-order valence-corrected chi connectivity index (χ2v) is 13.0. The Morgan fingerprint density at radius 1 is 1.22 bits per heavy atom. The van der Waals surface area contributed by atoms with Crippen LogP contribution in [0.5, 0.6) is 0 Å². The van der Waals surface area contributed by atoms with E-state index in [4.69, 9.17) is 13.9 Å². The number of ketones is 1. The normalized spacial score (nSPS) is 27.4. The van der Waals surface area contributed by atoms with Crippen molar-refractivity contribution in [3.05, 3.63) is 12.2 Å². The van der Waals surface area contributed by atoms with E-state index in [-0.39, 0.29) is 16.9 Å². The summed E-state index contributed by atoms with van der Waals surface area (Å²) in [7, 11) is -1.88. The van der Waals surface area contributed by atoms with Crippen LogP contribution in [0.1, 0.15) is 52.9 Å². The van der Waals surface area contributed by atoms with E-state index in [0.29, 0.717) is 6.61 Å². The first-order valence-electron chi connectivity index (χ1n) is 8.86. The quantitative estimate of drug-likeness (QED) is 0.703. The molecule has 0 amide bonds. The molecule has 0 N–H and O–H groups in total. The first-order chi connectivity index (χ1) is 10.7. The standard InChI is InChI=1S/C18H32O4Si/c1-18(2,3)23(4,5)20-13-16-15(19)11-12-17(22-16)21-14-9-7-6-8-10-14/h11-12,14,16-17H,6-10,13H2,1-5H3/t16-,17-/m0/s1.